The molecule has 1 amide bonds. The van der Waals surface area contributed by atoms with Gasteiger partial charge in [-0.1, -0.05) is 6.07 Å². The molecule has 0 radical (unpaired) electrons. The third-order valence-electron chi connectivity index (χ3n) is 4.56. The topological polar surface area (TPSA) is 62.4 Å². The van der Waals surface area contributed by atoms with Gasteiger partial charge in [0.05, 0.1) is 7.11 Å². The smallest absolute Gasteiger partial charge is 0.225 e. The Labute approximate surface area is 151 Å². The summed E-state index contributed by atoms with van der Waals surface area (Å²) < 4.78 is 5.19. The molecule has 1 heterocycles. The first-order valence-electron chi connectivity index (χ1n) is 9.08. The minimum atomic E-state index is 0.0145. The van der Waals surface area contributed by atoms with Crippen LogP contribution in [0.2, 0.25) is 0 Å². The fourth-order valence-electron chi connectivity index (χ4n) is 4.09. The number of carbonyl (C=O) groups excluding carboxylic acids is 1. The molecule has 0 unspecified atom stereocenters. The van der Waals surface area contributed by atoms with Gasteiger partial charge < -0.3 is 20.7 Å². The van der Waals surface area contributed by atoms with Gasteiger partial charge in [-0.25, -0.2) is 0 Å². The molecule has 0 spiro atoms. The minimum Gasteiger partial charge on any atom is -0.497 e. The number of anilines is 1. The molecule has 1 saturated heterocycles. The van der Waals surface area contributed by atoms with Crippen LogP contribution in [0.3, 0.4) is 0 Å². The molecule has 1 aromatic carbocycles. The molecular weight excluding hydrogens is 314 g/mol. The molecule has 1 aliphatic heterocycles. The van der Waals surface area contributed by atoms with Crippen LogP contribution in [-0.4, -0.2) is 36.2 Å². The number of benzene rings is 1. The van der Waals surface area contributed by atoms with Crippen molar-refractivity contribution in [3.8, 4) is 5.75 Å². The van der Waals surface area contributed by atoms with Crippen LogP contribution >= 0.6 is 0 Å². The monoisotopic (exact) mass is 347 g/mol. The molecule has 0 aromatic heterocycles. The zero-order valence-electron chi connectivity index (χ0n) is 16.4. The maximum absolute atomic E-state index is 12.3. The number of amides is 1. The van der Waals surface area contributed by atoms with Crippen LogP contribution in [0.15, 0.2) is 24.3 Å². The Kier molecular flexibility index (Phi) is 6.12. The molecule has 2 rings (SSSR count). The Morgan fingerprint density at radius 3 is 2.52 bits per heavy atom. The number of nitrogens with one attached hydrogen (secondary N) is 3. The maximum Gasteiger partial charge on any atom is 0.225 e. The summed E-state index contributed by atoms with van der Waals surface area (Å²) in [7, 11) is 1.62. The fraction of sp³-hybridized carbons (Fsp3) is 0.650. The quantitative estimate of drug-likeness (QED) is 0.739. The highest BCUT2D eigenvalue weighted by Crippen LogP contribution is 2.28. The van der Waals surface area contributed by atoms with Crippen molar-refractivity contribution in [1.82, 2.24) is 10.6 Å². The third-order valence-corrected chi connectivity index (χ3v) is 4.56. The molecule has 5 nitrogen and oxygen atoms in total. The maximum atomic E-state index is 12.3. The summed E-state index contributed by atoms with van der Waals surface area (Å²) in [4.78, 5) is 12.3. The van der Waals surface area contributed by atoms with Crippen molar-refractivity contribution in [3.63, 3.8) is 0 Å². The van der Waals surface area contributed by atoms with Crippen LogP contribution in [0, 0.1) is 0 Å². The highest BCUT2D eigenvalue weighted by atomic mass is 16.5. The molecule has 5 heteroatoms. The first-order valence-corrected chi connectivity index (χ1v) is 9.08. The van der Waals surface area contributed by atoms with Crippen molar-refractivity contribution in [2.24, 2.45) is 0 Å². The molecule has 3 N–H and O–H groups in total. The number of rotatable bonds is 6. The van der Waals surface area contributed by atoms with Gasteiger partial charge in [0.15, 0.2) is 0 Å². The molecule has 1 aliphatic rings. The molecule has 0 bridgehead atoms. The number of hydrogen-bond acceptors (Lipinski definition) is 4. The van der Waals surface area contributed by atoms with Crippen molar-refractivity contribution in [3.05, 3.63) is 24.3 Å². The van der Waals surface area contributed by atoms with Crippen molar-refractivity contribution < 1.29 is 9.53 Å². The molecule has 1 fully saturated rings. The summed E-state index contributed by atoms with van der Waals surface area (Å²) in [5, 5.41) is 10.3. The standard InChI is InChI=1S/C20H33N3O2/c1-14(21-16-12-19(2,3)23-20(4,5)13-16)10-18(24)22-15-8-7-9-17(11-15)25-6/h7-9,11,14,16,21,23H,10,12-13H2,1-6H3,(H,22,24)/t14-/m0/s1. The van der Waals surface area contributed by atoms with Crippen molar-refractivity contribution >= 4 is 11.6 Å². The van der Waals surface area contributed by atoms with Gasteiger partial charge in [-0.05, 0) is 59.6 Å². The molecule has 25 heavy (non-hydrogen) atoms. The van der Waals surface area contributed by atoms with Gasteiger partial charge in [0.2, 0.25) is 5.91 Å². The average Bonchev–Trinajstić information content (AvgIpc) is 2.43. The first-order chi connectivity index (χ1) is 11.6. The van der Waals surface area contributed by atoms with E-state index in [4.69, 9.17) is 4.74 Å². The van der Waals surface area contributed by atoms with Crippen LogP contribution < -0.4 is 20.7 Å². The largest absolute Gasteiger partial charge is 0.497 e. The molecule has 1 aromatic rings. The van der Waals surface area contributed by atoms with Gasteiger partial charge in [0, 0.05) is 41.3 Å². The fourth-order valence-corrected chi connectivity index (χ4v) is 4.09. The Hall–Kier alpha value is -1.59. The lowest BCUT2D eigenvalue weighted by molar-refractivity contribution is -0.116. The van der Waals surface area contributed by atoms with E-state index in [-0.39, 0.29) is 23.0 Å². The third kappa shape index (κ3) is 6.33. The van der Waals surface area contributed by atoms with E-state index in [2.05, 4.69) is 50.6 Å². The van der Waals surface area contributed by atoms with Crippen LogP contribution in [-0.2, 0) is 4.79 Å². The summed E-state index contributed by atoms with van der Waals surface area (Å²) in [5.41, 5.74) is 0.963. The number of hydrogen-bond donors (Lipinski definition) is 3. The van der Waals surface area contributed by atoms with E-state index in [1.54, 1.807) is 7.11 Å². The Morgan fingerprint density at radius 2 is 1.92 bits per heavy atom. The lowest BCUT2D eigenvalue weighted by Crippen LogP contribution is -2.62. The van der Waals surface area contributed by atoms with E-state index in [0.29, 0.717) is 12.5 Å². The van der Waals surface area contributed by atoms with E-state index >= 15 is 0 Å². The number of methoxy groups -OCH3 is 1. The molecular formula is C20H33N3O2. The van der Waals surface area contributed by atoms with Crippen LogP contribution in [0.4, 0.5) is 5.69 Å². The average molecular weight is 348 g/mol. The summed E-state index contributed by atoms with van der Waals surface area (Å²) >= 11 is 0. The molecule has 0 saturated carbocycles. The highest BCUT2D eigenvalue weighted by Gasteiger charge is 2.37. The Bertz CT molecular complexity index is 582. The lowest BCUT2D eigenvalue weighted by Gasteiger charge is -2.47. The van der Waals surface area contributed by atoms with Crippen molar-refractivity contribution in [1.29, 1.82) is 0 Å². The van der Waals surface area contributed by atoms with E-state index in [1.807, 2.05) is 24.3 Å². The van der Waals surface area contributed by atoms with Crippen LogP contribution in [0.5, 0.6) is 5.75 Å². The highest BCUT2D eigenvalue weighted by molar-refractivity contribution is 5.91. The summed E-state index contributed by atoms with van der Waals surface area (Å²) in [5.74, 6) is 0.754. The second kappa shape index (κ2) is 7.75. The normalized spacial score (nSPS) is 20.7. The number of ether oxygens (including phenoxy) is 1. The summed E-state index contributed by atoms with van der Waals surface area (Å²) in [6.07, 6.45) is 2.55. The SMILES string of the molecule is COc1cccc(NC(=O)C[C@H](C)NC2CC(C)(C)NC(C)(C)C2)c1. The second-order valence-corrected chi connectivity index (χ2v) is 8.55. The number of piperidine rings is 1. The van der Waals surface area contributed by atoms with Gasteiger partial charge >= 0.3 is 0 Å². The second-order valence-electron chi connectivity index (χ2n) is 8.55. The van der Waals surface area contributed by atoms with Crippen molar-refractivity contribution in [2.75, 3.05) is 12.4 Å². The van der Waals surface area contributed by atoms with Crippen molar-refractivity contribution in [2.45, 2.75) is 77.0 Å². The van der Waals surface area contributed by atoms with Gasteiger partial charge in [-0.15, -0.1) is 0 Å². The van der Waals surface area contributed by atoms with E-state index in [9.17, 15) is 4.79 Å². The Balaban J connectivity index is 1.86. The van der Waals surface area contributed by atoms with E-state index in [1.165, 1.54) is 0 Å². The number of carbonyl (C=O) groups is 1. The summed E-state index contributed by atoms with van der Waals surface area (Å²) in [6, 6.07) is 7.96. The lowest BCUT2D eigenvalue weighted by atomic mass is 9.79. The molecule has 0 aliphatic carbocycles. The van der Waals surface area contributed by atoms with Gasteiger partial charge in [0.25, 0.3) is 0 Å². The molecule has 140 valence electrons. The van der Waals surface area contributed by atoms with Crippen LogP contribution in [0.1, 0.15) is 53.9 Å². The zero-order chi connectivity index (χ0) is 18.7. The Morgan fingerprint density at radius 1 is 1.28 bits per heavy atom. The molecule has 1 atom stereocenters. The minimum absolute atomic E-state index is 0.0145. The zero-order valence-corrected chi connectivity index (χ0v) is 16.4. The van der Waals surface area contributed by atoms with Gasteiger partial charge in [-0.2, -0.15) is 0 Å². The van der Waals surface area contributed by atoms with Gasteiger partial charge in [0.1, 0.15) is 5.75 Å². The predicted molar refractivity (Wildman–Crippen MR) is 103 cm³/mol. The van der Waals surface area contributed by atoms with Gasteiger partial charge in [-0.3, -0.25) is 4.79 Å². The predicted octanol–water partition coefficient (Wildman–Crippen LogP) is 3.31. The van der Waals surface area contributed by atoms with E-state index < -0.39 is 0 Å². The van der Waals surface area contributed by atoms with E-state index in [0.717, 1.165) is 24.3 Å². The first kappa shape index (κ1) is 19.7. The summed E-state index contributed by atoms with van der Waals surface area (Å²) in [6.45, 7) is 11.0. The van der Waals surface area contributed by atoms with Crippen LogP contribution in [0.25, 0.3) is 0 Å².